The molecule has 0 radical (unpaired) electrons. The average Bonchev–Trinajstić information content (AvgIpc) is 2.57. The van der Waals surface area contributed by atoms with Crippen molar-refractivity contribution in [2.75, 3.05) is 13.1 Å². The molecule has 0 aliphatic rings. The highest BCUT2D eigenvalue weighted by atomic mass is 35.5. The van der Waals surface area contributed by atoms with Crippen molar-refractivity contribution < 1.29 is 0 Å². The highest BCUT2D eigenvalue weighted by Crippen LogP contribution is 2.21. The van der Waals surface area contributed by atoms with Crippen LogP contribution < -0.4 is 5.73 Å². The summed E-state index contributed by atoms with van der Waals surface area (Å²) in [5.74, 6) is 0.463. The van der Waals surface area contributed by atoms with Crippen LogP contribution in [-0.2, 0) is 13.1 Å². The van der Waals surface area contributed by atoms with Crippen LogP contribution in [-0.4, -0.2) is 28.0 Å². The van der Waals surface area contributed by atoms with Gasteiger partial charge in [-0.05, 0) is 62.0 Å². The predicted octanol–water partition coefficient (Wildman–Crippen LogP) is 4.30. The van der Waals surface area contributed by atoms with Crippen LogP contribution in [0, 0.1) is 6.92 Å². The smallest absolute Gasteiger partial charge is 0.0592 e. The summed E-state index contributed by atoms with van der Waals surface area (Å²) in [7, 11) is 0. The van der Waals surface area contributed by atoms with Gasteiger partial charge in [0.2, 0.25) is 0 Å². The number of hydrogen-bond acceptors (Lipinski definition) is 4. The molecule has 136 valence electrons. The highest BCUT2D eigenvalue weighted by Gasteiger charge is 2.14. The van der Waals surface area contributed by atoms with E-state index in [1.165, 1.54) is 5.56 Å². The van der Waals surface area contributed by atoms with Gasteiger partial charge in [0, 0.05) is 25.5 Å². The number of aromatic nitrogens is 2. The van der Waals surface area contributed by atoms with E-state index in [9.17, 15) is 0 Å². The van der Waals surface area contributed by atoms with E-state index in [1.807, 2.05) is 18.3 Å². The molecule has 0 saturated heterocycles. The van der Waals surface area contributed by atoms with Gasteiger partial charge in [0.15, 0.2) is 0 Å². The predicted molar refractivity (Wildman–Crippen MR) is 105 cm³/mol. The van der Waals surface area contributed by atoms with E-state index in [0.717, 1.165) is 56.0 Å². The Morgan fingerprint density at radius 3 is 2.60 bits per heavy atom. The Kier molecular flexibility index (Phi) is 7.82. The fraction of sp³-hybridized carbons (Fsp3) is 0.500. The van der Waals surface area contributed by atoms with Gasteiger partial charge < -0.3 is 5.73 Å². The third kappa shape index (κ3) is 6.07. The lowest BCUT2D eigenvalue weighted by Crippen LogP contribution is -2.26. The molecule has 2 N–H and O–H groups in total. The summed E-state index contributed by atoms with van der Waals surface area (Å²) in [6.45, 7) is 9.81. The molecule has 2 heterocycles. The fourth-order valence-electron chi connectivity index (χ4n) is 2.96. The molecule has 0 saturated carbocycles. The average molecular weight is 361 g/mol. The molecular formula is C20H29ClN4. The first-order chi connectivity index (χ1) is 12.0. The van der Waals surface area contributed by atoms with Gasteiger partial charge in [-0.15, -0.1) is 0 Å². The number of nitrogens with two attached hydrogens (primary N) is 1. The second-order valence-electron chi connectivity index (χ2n) is 6.82. The van der Waals surface area contributed by atoms with E-state index in [4.69, 9.17) is 17.3 Å². The van der Waals surface area contributed by atoms with Crippen LogP contribution in [0.4, 0.5) is 0 Å². The molecule has 2 aromatic heterocycles. The summed E-state index contributed by atoms with van der Waals surface area (Å²) in [4.78, 5) is 11.6. The second kappa shape index (κ2) is 9.85. The minimum Gasteiger partial charge on any atom is -0.330 e. The van der Waals surface area contributed by atoms with Gasteiger partial charge in [0.1, 0.15) is 0 Å². The molecule has 25 heavy (non-hydrogen) atoms. The van der Waals surface area contributed by atoms with Crippen LogP contribution >= 0.6 is 11.6 Å². The summed E-state index contributed by atoms with van der Waals surface area (Å²) in [5.41, 5.74) is 10.3. The van der Waals surface area contributed by atoms with Gasteiger partial charge in [-0.3, -0.25) is 14.9 Å². The highest BCUT2D eigenvalue weighted by molar-refractivity contribution is 6.30. The van der Waals surface area contributed by atoms with Crippen LogP contribution in [0.15, 0.2) is 30.6 Å². The van der Waals surface area contributed by atoms with Gasteiger partial charge in [-0.2, -0.15) is 0 Å². The summed E-state index contributed by atoms with van der Waals surface area (Å²) >= 11 is 6.04. The topological polar surface area (TPSA) is 55.0 Å². The summed E-state index contributed by atoms with van der Waals surface area (Å²) in [6.07, 6.45) is 5.71. The molecule has 0 fully saturated rings. The van der Waals surface area contributed by atoms with Crippen molar-refractivity contribution in [2.45, 2.75) is 52.6 Å². The molecular weight excluding hydrogens is 332 g/mol. The normalized spacial score (nSPS) is 11.5. The Labute approximate surface area is 156 Å². The van der Waals surface area contributed by atoms with E-state index in [0.29, 0.717) is 10.9 Å². The minimum absolute atomic E-state index is 0.463. The van der Waals surface area contributed by atoms with E-state index in [1.54, 1.807) is 6.20 Å². The summed E-state index contributed by atoms with van der Waals surface area (Å²) in [6, 6.07) is 6.17. The van der Waals surface area contributed by atoms with Crippen LogP contribution in [0.25, 0.3) is 0 Å². The third-order valence-electron chi connectivity index (χ3n) is 4.38. The van der Waals surface area contributed by atoms with Crippen LogP contribution in [0.3, 0.4) is 0 Å². The van der Waals surface area contributed by atoms with E-state index in [2.05, 4.69) is 41.7 Å². The zero-order valence-electron chi connectivity index (χ0n) is 15.5. The van der Waals surface area contributed by atoms with Crippen LogP contribution in [0.2, 0.25) is 5.02 Å². The van der Waals surface area contributed by atoms with E-state index in [-0.39, 0.29) is 0 Å². The zero-order chi connectivity index (χ0) is 18.2. The van der Waals surface area contributed by atoms with Gasteiger partial charge in [-0.25, -0.2) is 0 Å². The van der Waals surface area contributed by atoms with Gasteiger partial charge in [-0.1, -0.05) is 31.5 Å². The number of aryl methyl sites for hydroxylation is 1. The summed E-state index contributed by atoms with van der Waals surface area (Å²) in [5, 5.41) is 0.683. The van der Waals surface area contributed by atoms with Crippen molar-refractivity contribution in [2.24, 2.45) is 5.73 Å². The number of unbranched alkanes of at least 4 members (excludes halogenated alkanes) is 1. The quantitative estimate of drug-likeness (QED) is 0.677. The first kappa shape index (κ1) is 19.8. The second-order valence-corrected chi connectivity index (χ2v) is 7.25. The Bertz CT molecular complexity index is 672. The lowest BCUT2D eigenvalue weighted by atomic mass is 10.0. The van der Waals surface area contributed by atoms with Gasteiger partial charge in [0.05, 0.1) is 16.4 Å². The third-order valence-corrected chi connectivity index (χ3v) is 4.58. The molecule has 4 nitrogen and oxygen atoms in total. The molecule has 0 aromatic carbocycles. The molecule has 0 aliphatic heterocycles. The van der Waals surface area contributed by atoms with Crippen molar-refractivity contribution >= 4 is 11.6 Å². The van der Waals surface area contributed by atoms with Crippen molar-refractivity contribution in [1.82, 2.24) is 14.9 Å². The maximum absolute atomic E-state index is 6.04. The van der Waals surface area contributed by atoms with Crippen molar-refractivity contribution in [1.29, 1.82) is 0 Å². The Morgan fingerprint density at radius 1 is 1.16 bits per heavy atom. The number of hydrogen-bond donors (Lipinski definition) is 1. The van der Waals surface area contributed by atoms with Gasteiger partial charge >= 0.3 is 0 Å². The van der Waals surface area contributed by atoms with Gasteiger partial charge in [0.25, 0.3) is 0 Å². The van der Waals surface area contributed by atoms with Crippen molar-refractivity contribution in [3.63, 3.8) is 0 Å². The summed E-state index contributed by atoms with van der Waals surface area (Å²) < 4.78 is 0. The number of rotatable bonds is 9. The molecule has 2 aromatic rings. The Hall–Kier alpha value is -1.49. The fourth-order valence-corrected chi connectivity index (χ4v) is 3.17. The Balaban J connectivity index is 2.18. The Morgan fingerprint density at radius 2 is 1.92 bits per heavy atom. The van der Waals surface area contributed by atoms with Crippen molar-refractivity contribution in [3.05, 3.63) is 58.1 Å². The number of nitrogens with zero attached hydrogens (tertiary/aromatic N) is 3. The lowest BCUT2D eigenvalue weighted by Gasteiger charge is -2.24. The van der Waals surface area contributed by atoms with Crippen LogP contribution in [0.1, 0.15) is 55.1 Å². The minimum atomic E-state index is 0.463. The monoisotopic (exact) mass is 360 g/mol. The molecule has 5 heteroatoms. The standard InChI is InChI=1S/C20H29ClN4/c1-15(2)18-7-6-9-23-20(18)14-25(10-5-4-8-22)13-19-16(3)11-17(21)12-24-19/h6-7,9,11-12,15H,4-5,8,10,13-14,22H2,1-3H3. The van der Waals surface area contributed by atoms with E-state index < -0.39 is 0 Å². The molecule has 0 bridgehead atoms. The molecule has 0 aliphatic carbocycles. The largest absolute Gasteiger partial charge is 0.330 e. The van der Waals surface area contributed by atoms with Crippen molar-refractivity contribution in [3.8, 4) is 0 Å². The zero-order valence-corrected chi connectivity index (χ0v) is 16.3. The SMILES string of the molecule is Cc1cc(Cl)cnc1CN(CCCCN)Cc1ncccc1C(C)C. The molecule has 0 unspecified atom stereocenters. The lowest BCUT2D eigenvalue weighted by molar-refractivity contribution is 0.244. The molecule has 0 amide bonds. The van der Waals surface area contributed by atoms with E-state index >= 15 is 0 Å². The molecule has 2 rings (SSSR count). The maximum Gasteiger partial charge on any atom is 0.0592 e. The molecule has 0 spiro atoms. The molecule has 0 atom stereocenters. The maximum atomic E-state index is 6.04. The number of halogens is 1. The first-order valence-electron chi connectivity index (χ1n) is 8.98. The number of pyridine rings is 2. The first-order valence-corrected chi connectivity index (χ1v) is 9.36. The van der Waals surface area contributed by atoms with Crippen LogP contribution in [0.5, 0.6) is 0 Å².